The minimum Gasteiger partial charge on any atom is -0.381 e. The van der Waals surface area contributed by atoms with Crippen molar-refractivity contribution in [2.24, 2.45) is 7.05 Å². The third-order valence-corrected chi connectivity index (χ3v) is 3.25. The van der Waals surface area contributed by atoms with E-state index in [0.29, 0.717) is 17.5 Å². The Kier molecular flexibility index (Phi) is 3.06. The van der Waals surface area contributed by atoms with E-state index in [4.69, 9.17) is 17.3 Å². The second-order valence-corrected chi connectivity index (χ2v) is 4.27. The smallest absolute Gasteiger partial charge is 0.169 e. The lowest BCUT2D eigenvalue weighted by molar-refractivity contribution is 0.620. The highest BCUT2D eigenvalue weighted by atomic mass is 35.5. The van der Waals surface area contributed by atoms with Crippen molar-refractivity contribution in [1.82, 2.24) is 24.8 Å². The third kappa shape index (κ3) is 2.00. The molecule has 0 amide bonds. The van der Waals surface area contributed by atoms with E-state index in [1.807, 2.05) is 20.9 Å². The highest BCUT2D eigenvalue weighted by Crippen LogP contribution is 2.20. The van der Waals surface area contributed by atoms with Crippen molar-refractivity contribution in [3.8, 4) is 0 Å². The molecule has 0 bridgehead atoms. The van der Waals surface area contributed by atoms with Crippen molar-refractivity contribution < 1.29 is 0 Å². The SMILES string of the molecule is CCc1c(N)nnn1Cc1c(C)nn(C)c1Cl. The second-order valence-electron chi connectivity index (χ2n) is 3.91. The van der Waals surface area contributed by atoms with E-state index in [2.05, 4.69) is 15.4 Å². The molecule has 2 aromatic heterocycles. The van der Waals surface area contributed by atoms with Crippen LogP contribution in [0.5, 0.6) is 0 Å². The molecule has 17 heavy (non-hydrogen) atoms. The summed E-state index contributed by atoms with van der Waals surface area (Å²) in [6, 6.07) is 0. The molecule has 0 atom stereocenters. The lowest BCUT2D eigenvalue weighted by Crippen LogP contribution is -2.07. The number of aromatic nitrogens is 5. The molecule has 2 aromatic rings. The maximum absolute atomic E-state index is 6.17. The number of hydrogen-bond donors (Lipinski definition) is 1. The van der Waals surface area contributed by atoms with Crippen LogP contribution in [0.3, 0.4) is 0 Å². The number of halogens is 1. The third-order valence-electron chi connectivity index (χ3n) is 2.78. The van der Waals surface area contributed by atoms with Gasteiger partial charge in [0.15, 0.2) is 5.82 Å². The fraction of sp³-hybridized carbons (Fsp3) is 0.500. The van der Waals surface area contributed by atoms with Gasteiger partial charge in [-0.2, -0.15) is 5.10 Å². The summed E-state index contributed by atoms with van der Waals surface area (Å²) in [7, 11) is 1.81. The number of nitrogens with two attached hydrogens (primary N) is 1. The molecule has 92 valence electrons. The van der Waals surface area contributed by atoms with Crippen LogP contribution in [0.25, 0.3) is 0 Å². The molecule has 2 heterocycles. The highest BCUT2D eigenvalue weighted by molar-refractivity contribution is 6.30. The van der Waals surface area contributed by atoms with E-state index in [9.17, 15) is 0 Å². The Morgan fingerprint density at radius 3 is 2.65 bits per heavy atom. The molecule has 0 fully saturated rings. The van der Waals surface area contributed by atoms with Gasteiger partial charge >= 0.3 is 0 Å². The normalized spacial score (nSPS) is 11.1. The van der Waals surface area contributed by atoms with E-state index in [1.165, 1.54) is 0 Å². The van der Waals surface area contributed by atoms with Gasteiger partial charge in [0, 0.05) is 12.6 Å². The monoisotopic (exact) mass is 254 g/mol. The molecule has 0 saturated heterocycles. The van der Waals surface area contributed by atoms with Gasteiger partial charge in [-0.25, -0.2) is 4.68 Å². The van der Waals surface area contributed by atoms with Crippen LogP contribution in [-0.2, 0) is 20.0 Å². The summed E-state index contributed by atoms with van der Waals surface area (Å²) >= 11 is 6.17. The van der Waals surface area contributed by atoms with Gasteiger partial charge in [-0.05, 0) is 13.3 Å². The van der Waals surface area contributed by atoms with Gasteiger partial charge in [0.2, 0.25) is 0 Å². The van der Waals surface area contributed by atoms with E-state index in [0.717, 1.165) is 23.4 Å². The summed E-state index contributed by atoms with van der Waals surface area (Å²) in [4.78, 5) is 0. The highest BCUT2D eigenvalue weighted by Gasteiger charge is 2.15. The summed E-state index contributed by atoms with van der Waals surface area (Å²) in [6.45, 7) is 4.49. The molecule has 6 nitrogen and oxygen atoms in total. The molecule has 0 aliphatic heterocycles. The van der Waals surface area contributed by atoms with Crippen molar-refractivity contribution in [3.05, 3.63) is 22.1 Å². The summed E-state index contributed by atoms with van der Waals surface area (Å²) in [6.07, 6.45) is 0.787. The quantitative estimate of drug-likeness (QED) is 0.892. The van der Waals surface area contributed by atoms with Gasteiger partial charge in [-0.3, -0.25) is 4.68 Å². The maximum atomic E-state index is 6.17. The van der Waals surface area contributed by atoms with E-state index in [1.54, 1.807) is 9.36 Å². The van der Waals surface area contributed by atoms with Crippen molar-refractivity contribution in [2.45, 2.75) is 26.8 Å². The van der Waals surface area contributed by atoms with Crippen molar-refractivity contribution >= 4 is 17.4 Å². The summed E-state index contributed by atoms with van der Waals surface area (Å²) in [5, 5.41) is 12.8. The maximum Gasteiger partial charge on any atom is 0.169 e. The number of hydrogen-bond acceptors (Lipinski definition) is 4. The van der Waals surface area contributed by atoms with Gasteiger partial charge < -0.3 is 5.73 Å². The fourth-order valence-corrected chi connectivity index (χ4v) is 2.07. The topological polar surface area (TPSA) is 74.6 Å². The van der Waals surface area contributed by atoms with Gasteiger partial charge in [-0.1, -0.05) is 23.7 Å². The first-order valence-corrected chi connectivity index (χ1v) is 5.78. The van der Waals surface area contributed by atoms with Crippen molar-refractivity contribution in [3.63, 3.8) is 0 Å². The van der Waals surface area contributed by atoms with Crippen LogP contribution in [0.15, 0.2) is 0 Å². The Labute approximate surface area is 104 Å². The molecule has 0 unspecified atom stereocenters. The van der Waals surface area contributed by atoms with Crippen molar-refractivity contribution in [1.29, 1.82) is 0 Å². The molecule has 0 radical (unpaired) electrons. The molecule has 0 saturated carbocycles. The lowest BCUT2D eigenvalue weighted by Gasteiger charge is -2.04. The Morgan fingerprint density at radius 1 is 1.41 bits per heavy atom. The van der Waals surface area contributed by atoms with E-state index < -0.39 is 0 Å². The van der Waals surface area contributed by atoms with Crippen molar-refractivity contribution in [2.75, 3.05) is 5.73 Å². The largest absolute Gasteiger partial charge is 0.381 e. The molecule has 7 heteroatoms. The van der Waals surface area contributed by atoms with Gasteiger partial charge in [-0.15, -0.1) is 5.10 Å². The molecule has 0 aliphatic carbocycles. The van der Waals surface area contributed by atoms with Crippen LogP contribution in [0.2, 0.25) is 5.15 Å². The van der Waals surface area contributed by atoms with Crippen LogP contribution >= 0.6 is 11.6 Å². The minimum absolute atomic E-state index is 0.477. The van der Waals surface area contributed by atoms with Crippen LogP contribution < -0.4 is 5.73 Å². The van der Waals surface area contributed by atoms with E-state index in [-0.39, 0.29) is 0 Å². The zero-order valence-electron chi connectivity index (χ0n) is 10.1. The predicted octanol–water partition coefficient (Wildman–Crippen LogP) is 1.17. The predicted molar refractivity (Wildman–Crippen MR) is 65.9 cm³/mol. The lowest BCUT2D eigenvalue weighted by atomic mass is 10.2. The van der Waals surface area contributed by atoms with Gasteiger partial charge in [0.05, 0.1) is 17.9 Å². The average molecular weight is 255 g/mol. The van der Waals surface area contributed by atoms with E-state index >= 15 is 0 Å². The molecular weight excluding hydrogens is 240 g/mol. The van der Waals surface area contributed by atoms with Gasteiger partial charge in [0.1, 0.15) is 5.15 Å². The zero-order chi connectivity index (χ0) is 12.6. The standard InChI is InChI=1S/C10H15ClN6/c1-4-8-10(12)13-15-17(8)5-7-6(2)14-16(3)9(7)11/h4-5,12H2,1-3H3. The first kappa shape index (κ1) is 11.9. The fourth-order valence-electron chi connectivity index (χ4n) is 1.84. The number of aryl methyl sites for hydroxylation is 2. The molecule has 0 aromatic carbocycles. The van der Waals surface area contributed by atoms with Crippen LogP contribution in [-0.4, -0.2) is 24.8 Å². The minimum atomic E-state index is 0.477. The molecule has 2 N–H and O–H groups in total. The molecule has 2 rings (SSSR count). The number of nitrogens with zero attached hydrogens (tertiary/aromatic N) is 5. The Hall–Kier alpha value is -1.56. The Bertz CT molecular complexity index is 541. The number of rotatable bonds is 3. The summed E-state index contributed by atoms with van der Waals surface area (Å²) in [5.74, 6) is 0.477. The Morgan fingerprint density at radius 2 is 2.12 bits per heavy atom. The molecule has 0 aliphatic rings. The first-order valence-electron chi connectivity index (χ1n) is 5.40. The van der Waals surface area contributed by atoms with Gasteiger partial charge in [0.25, 0.3) is 0 Å². The number of anilines is 1. The molecular formula is C10H15ClN6. The average Bonchev–Trinajstić information content (AvgIpc) is 2.75. The van der Waals surface area contributed by atoms with Crippen LogP contribution in [0.4, 0.5) is 5.82 Å². The molecule has 0 spiro atoms. The summed E-state index contributed by atoms with van der Waals surface area (Å²) < 4.78 is 3.42. The van der Waals surface area contributed by atoms with Crippen LogP contribution in [0.1, 0.15) is 23.9 Å². The Balaban J connectivity index is 2.37. The zero-order valence-corrected chi connectivity index (χ0v) is 10.9. The first-order chi connectivity index (χ1) is 8.04. The summed E-state index contributed by atoms with van der Waals surface area (Å²) in [5.41, 5.74) is 8.51. The second kappa shape index (κ2) is 4.37. The number of nitrogen functional groups attached to an aromatic ring is 1. The van der Waals surface area contributed by atoms with Crippen LogP contribution in [0, 0.1) is 6.92 Å².